The molecule has 0 aliphatic carbocycles. The van der Waals surface area contributed by atoms with Gasteiger partial charge in [0.2, 0.25) is 27.4 Å². The van der Waals surface area contributed by atoms with Crippen molar-refractivity contribution in [2.75, 3.05) is 65.9 Å². The van der Waals surface area contributed by atoms with Crippen LogP contribution in [0.15, 0.2) is 0 Å². The van der Waals surface area contributed by atoms with E-state index < -0.39 is 35.9 Å². The monoisotopic (exact) mass is 972 g/mol. The van der Waals surface area contributed by atoms with E-state index >= 15 is 0 Å². The number of amides is 4. The highest BCUT2D eigenvalue weighted by molar-refractivity contribution is 14.1. The summed E-state index contributed by atoms with van der Waals surface area (Å²) in [6.07, 6.45) is 15.1. The van der Waals surface area contributed by atoms with Crippen molar-refractivity contribution in [2.24, 2.45) is 0 Å². The Hall–Kier alpha value is -3.47. The molecule has 0 saturated carbocycles. The summed E-state index contributed by atoms with van der Waals surface area (Å²) < 4.78 is 20.7. The predicted molar refractivity (Wildman–Crippen MR) is 227 cm³/mol. The number of hydrogen-bond donors (Lipinski definition) is 7. The molecule has 0 aromatic carbocycles. The van der Waals surface area contributed by atoms with Crippen LogP contribution in [0.3, 0.4) is 0 Å². The highest BCUT2D eigenvalue weighted by Gasteiger charge is 2.21. The van der Waals surface area contributed by atoms with Crippen LogP contribution in [0.1, 0.15) is 128 Å². The Morgan fingerprint density at radius 1 is 0.417 bits per heavy atom. The van der Waals surface area contributed by atoms with Crippen LogP contribution in [0.2, 0.25) is 0 Å². The summed E-state index contributed by atoms with van der Waals surface area (Å²) in [5, 5.41) is 37.1. The molecule has 0 spiro atoms. The second kappa shape index (κ2) is 39.7. The quantitative estimate of drug-likeness (QED) is 0.0262. The van der Waals surface area contributed by atoms with Gasteiger partial charge in [-0.3, -0.25) is 33.6 Å². The lowest BCUT2D eigenvalue weighted by Crippen LogP contribution is -2.41. The van der Waals surface area contributed by atoms with E-state index in [2.05, 4.69) is 21.3 Å². The summed E-state index contributed by atoms with van der Waals surface area (Å²) in [7, 11) is 0. The van der Waals surface area contributed by atoms with E-state index in [1.807, 2.05) is 0 Å². The van der Waals surface area contributed by atoms with Crippen molar-refractivity contribution < 1.29 is 72.6 Å². The molecule has 0 aliphatic rings. The minimum Gasteiger partial charge on any atom is -0.481 e. The Morgan fingerprint density at radius 3 is 1.28 bits per heavy atom. The van der Waals surface area contributed by atoms with Crippen molar-refractivity contribution in [1.29, 1.82) is 0 Å². The molecule has 0 aliphatic heterocycles. The molecule has 60 heavy (non-hydrogen) atoms. The summed E-state index contributed by atoms with van der Waals surface area (Å²) in [5.41, 5.74) is 0. The lowest BCUT2D eigenvalue weighted by atomic mass is 10.0. The number of ether oxygens (including phenoxy) is 4. The Bertz CT molecular complexity index is 1240. The molecular weight excluding hydrogens is 903 g/mol. The Labute approximate surface area is 367 Å². The topological polar surface area (TPSA) is 282 Å². The van der Waals surface area contributed by atoms with Crippen molar-refractivity contribution in [1.82, 2.24) is 21.3 Å². The molecule has 346 valence electrons. The Balaban J connectivity index is 3.72. The van der Waals surface area contributed by atoms with E-state index in [4.69, 9.17) is 29.2 Å². The smallest absolute Gasteiger partial charge is 0.326 e. The predicted octanol–water partition coefficient (Wildman–Crippen LogP) is 3.27. The second-order valence-corrected chi connectivity index (χ2v) is 15.3. The summed E-state index contributed by atoms with van der Waals surface area (Å²) in [6, 6.07) is -2.06. The minimum atomic E-state index is -1.20. The maximum Gasteiger partial charge on any atom is 0.326 e. The molecule has 2 atom stereocenters. The van der Waals surface area contributed by atoms with Gasteiger partial charge >= 0.3 is 17.9 Å². The molecule has 19 nitrogen and oxygen atoms in total. The molecule has 0 fully saturated rings. The molecule has 0 aromatic heterocycles. The second-order valence-electron chi connectivity index (χ2n) is 14.2. The molecule has 0 bridgehead atoms. The molecule has 0 rings (SSSR count). The van der Waals surface area contributed by atoms with Crippen molar-refractivity contribution in [3.05, 3.63) is 0 Å². The van der Waals surface area contributed by atoms with Crippen LogP contribution in [-0.4, -0.2) is 139 Å². The average Bonchev–Trinajstić information content (AvgIpc) is 3.19. The maximum absolute atomic E-state index is 12.3. The number of carboxylic acids is 3. The van der Waals surface area contributed by atoms with E-state index in [1.54, 1.807) is 0 Å². The van der Waals surface area contributed by atoms with Crippen molar-refractivity contribution >= 4 is 67.9 Å². The number of carbonyl (C=O) groups excluding carboxylic acids is 5. The van der Waals surface area contributed by atoms with Gasteiger partial charge in [0.1, 0.15) is 19.3 Å². The zero-order chi connectivity index (χ0) is 44.6. The summed E-state index contributed by atoms with van der Waals surface area (Å²) >= 11 is 1.50. The van der Waals surface area contributed by atoms with Crippen LogP contribution in [0, 0.1) is 0 Å². The number of hydrogen-bond acceptors (Lipinski definition) is 12. The first-order chi connectivity index (χ1) is 28.8. The summed E-state index contributed by atoms with van der Waals surface area (Å²) in [4.78, 5) is 92.6. The van der Waals surface area contributed by atoms with Gasteiger partial charge in [-0.05, 0) is 25.7 Å². The molecular formula is C40H69IN4O15. The number of aliphatic carboxylic acids is 3. The standard InChI is InChI=1S/C40H69IN4O15/c41-39(54)31(18-20-38(52)53)44-36(49)30-60-28-26-58-24-22-43-35(48)29-59-27-25-57-23-21-42-33(46)19-17-32(40(55)56)45-34(47)15-13-11-9-7-5-3-1-2-4-6-8-10-12-14-16-37(50)51/h31-32H,1-30H2,(H,42,46)(H,43,48)(H,44,49)(H,45,47)(H,50,51)(H,52,53)(H,55,56)/t31-,32-/m0/s1. The summed E-state index contributed by atoms with van der Waals surface area (Å²) in [6.45, 7) is 0.802. The number of carboxylic acid groups (broad SMARTS) is 3. The largest absolute Gasteiger partial charge is 0.481 e. The van der Waals surface area contributed by atoms with E-state index in [1.165, 1.54) is 61.1 Å². The average molecular weight is 973 g/mol. The third-order valence-electron chi connectivity index (χ3n) is 8.94. The van der Waals surface area contributed by atoms with Gasteiger partial charge in [0.25, 0.3) is 0 Å². The van der Waals surface area contributed by atoms with Gasteiger partial charge in [-0.1, -0.05) is 77.0 Å². The van der Waals surface area contributed by atoms with Crippen LogP contribution < -0.4 is 21.3 Å². The minimum absolute atomic E-state index is 0.0162. The van der Waals surface area contributed by atoms with Crippen LogP contribution in [0.25, 0.3) is 0 Å². The summed E-state index contributed by atoms with van der Waals surface area (Å²) in [5.74, 6) is -4.61. The van der Waals surface area contributed by atoms with Crippen molar-refractivity contribution in [3.63, 3.8) is 0 Å². The SMILES string of the molecule is O=C(O)CCCCCCCCCCCCCCCCC(=O)N[C@@H](CCC(=O)NCCOCCOCC(=O)NCCOCCOCC(=O)N[C@@H](CCC(=O)O)C(=O)I)C(=O)O. The number of rotatable bonds is 43. The Kier molecular flexibility index (Phi) is 37.4. The van der Waals surface area contributed by atoms with Gasteiger partial charge in [0, 0.05) is 61.4 Å². The molecule has 0 radical (unpaired) electrons. The van der Waals surface area contributed by atoms with Gasteiger partial charge in [-0.2, -0.15) is 0 Å². The van der Waals surface area contributed by atoms with Crippen LogP contribution >= 0.6 is 22.6 Å². The fourth-order valence-corrected chi connectivity index (χ4v) is 6.13. The molecule has 0 aromatic rings. The first kappa shape index (κ1) is 56.5. The third-order valence-corrected chi connectivity index (χ3v) is 9.69. The van der Waals surface area contributed by atoms with Gasteiger partial charge in [-0.25, -0.2) is 4.79 Å². The number of carbonyl (C=O) groups is 8. The van der Waals surface area contributed by atoms with Gasteiger partial charge in [0.15, 0.2) is 0 Å². The van der Waals surface area contributed by atoms with E-state index in [0.717, 1.165) is 44.9 Å². The molecule has 0 heterocycles. The third kappa shape index (κ3) is 38.7. The van der Waals surface area contributed by atoms with Gasteiger partial charge < -0.3 is 55.5 Å². The van der Waals surface area contributed by atoms with Crippen LogP contribution in [0.4, 0.5) is 0 Å². The molecule has 4 amide bonds. The fraction of sp³-hybridized carbons (Fsp3) is 0.800. The van der Waals surface area contributed by atoms with E-state index in [0.29, 0.717) is 6.42 Å². The van der Waals surface area contributed by atoms with E-state index in [-0.39, 0.29) is 126 Å². The van der Waals surface area contributed by atoms with E-state index in [9.17, 15) is 43.5 Å². The highest BCUT2D eigenvalue weighted by Crippen LogP contribution is 2.14. The van der Waals surface area contributed by atoms with Gasteiger partial charge in [-0.15, -0.1) is 0 Å². The van der Waals surface area contributed by atoms with Crippen molar-refractivity contribution in [2.45, 2.75) is 141 Å². The highest BCUT2D eigenvalue weighted by atomic mass is 127. The van der Waals surface area contributed by atoms with Gasteiger partial charge in [0.05, 0.1) is 45.7 Å². The molecule has 7 N–H and O–H groups in total. The maximum atomic E-state index is 12.3. The first-order valence-electron chi connectivity index (χ1n) is 21.1. The lowest BCUT2D eigenvalue weighted by Gasteiger charge is -2.14. The molecule has 0 unspecified atom stereocenters. The van der Waals surface area contributed by atoms with Crippen LogP contribution in [0.5, 0.6) is 0 Å². The normalized spacial score (nSPS) is 11.9. The number of halogens is 1. The molecule has 20 heteroatoms. The Morgan fingerprint density at radius 2 is 0.817 bits per heavy atom. The van der Waals surface area contributed by atoms with Crippen LogP contribution in [-0.2, 0) is 57.3 Å². The molecule has 0 saturated heterocycles. The number of nitrogens with one attached hydrogen (secondary N) is 4. The van der Waals surface area contributed by atoms with Crippen molar-refractivity contribution in [3.8, 4) is 0 Å². The number of unbranched alkanes of at least 4 members (excludes halogenated alkanes) is 13. The zero-order valence-corrected chi connectivity index (χ0v) is 37.1. The lowest BCUT2D eigenvalue weighted by molar-refractivity contribution is -0.142. The fourth-order valence-electron chi connectivity index (χ4n) is 5.66. The zero-order valence-electron chi connectivity index (χ0n) is 35.0. The first-order valence-corrected chi connectivity index (χ1v) is 22.2.